The number of anilines is 1. The summed E-state index contributed by atoms with van der Waals surface area (Å²) in [7, 11) is 0. The van der Waals surface area contributed by atoms with Gasteiger partial charge in [-0.25, -0.2) is 10.3 Å². The lowest BCUT2D eigenvalue weighted by Crippen LogP contribution is -2.48. The number of amides is 3. The fraction of sp³-hybridized carbons (Fsp3) is 0.316. The lowest BCUT2D eigenvalue weighted by atomic mass is 10.2. The zero-order valence-corrected chi connectivity index (χ0v) is 15.8. The number of imide groups is 1. The van der Waals surface area contributed by atoms with Gasteiger partial charge in [0.2, 0.25) is 11.8 Å². The first-order valence-electron chi connectivity index (χ1n) is 8.75. The first-order chi connectivity index (χ1) is 13.1. The third-order valence-electron chi connectivity index (χ3n) is 4.02. The molecule has 1 atom stereocenters. The summed E-state index contributed by atoms with van der Waals surface area (Å²) in [5, 5.41) is 1.89. The fourth-order valence-corrected chi connectivity index (χ4v) is 3.41. The van der Waals surface area contributed by atoms with Gasteiger partial charge < -0.3 is 4.74 Å². The molecule has 0 spiro atoms. The average Bonchev–Trinajstić information content (AvgIpc) is 3.26. The van der Waals surface area contributed by atoms with Crippen molar-refractivity contribution in [2.24, 2.45) is 0 Å². The van der Waals surface area contributed by atoms with Crippen molar-refractivity contribution in [1.29, 1.82) is 0 Å². The van der Waals surface area contributed by atoms with E-state index in [2.05, 4.69) is 10.9 Å². The number of benzene rings is 1. The quantitative estimate of drug-likeness (QED) is 0.535. The summed E-state index contributed by atoms with van der Waals surface area (Å²) in [4.78, 5) is 38.8. The predicted octanol–water partition coefficient (Wildman–Crippen LogP) is 2.03. The Kier molecular flexibility index (Phi) is 6.20. The Balaban J connectivity index is 1.57. The number of rotatable bonds is 8. The second-order valence-electron chi connectivity index (χ2n) is 6.12. The van der Waals surface area contributed by atoms with E-state index in [1.807, 2.05) is 24.4 Å². The highest BCUT2D eigenvalue weighted by molar-refractivity contribution is 7.10. The van der Waals surface area contributed by atoms with Gasteiger partial charge in [-0.3, -0.25) is 19.8 Å². The van der Waals surface area contributed by atoms with E-state index in [1.54, 1.807) is 24.3 Å². The van der Waals surface area contributed by atoms with Gasteiger partial charge in [0.15, 0.2) is 0 Å². The van der Waals surface area contributed by atoms with Crippen molar-refractivity contribution < 1.29 is 19.1 Å². The van der Waals surface area contributed by atoms with E-state index in [-0.39, 0.29) is 24.7 Å². The molecular weight excluding hydrogens is 366 g/mol. The Labute approximate surface area is 161 Å². The largest absolute Gasteiger partial charge is 0.494 e. The molecule has 0 aliphatic carbocycles. The third kappa shape index (κ3) is 4.72. The molecule has 1 aliphatic heterocycles. The number of hydrazine groups is 1. The van der Waals surface area contributed by atoms with E-state index >= 15 is 0 Å². The van der Waals surface area contributed by atoms with E-state index in [1.165, 1.54) is 11.3 Å². The van der Waals surface area contributed by atoms with Gasteiger partial charge in [0.1, 0.15) is 11.8 Å². The Morgan fingerprint density at radius 1 is 1.26 bits per heavy atom. The van der Waals surface area contributed by atoms with Gasteiger partial charge in [0, 0.05) is 4.88 Å². The molecule has 1 aromatic carbocycles. The van der Waals surface area contributed by atoms with Crippen LogP contribution in [0.25, 0.3) is 0 Å². The first kappa shape index (κ1) is 19.1. The Hall–Kier alpha value is -2.71. The lowest BCUT2D eigenvalue weighted by molar-refractivity contribution is -0.122. The molecule has 2 aromatic rings. The zero-order valence-electron chi connectivity index (χ0n) is 14.9. The molecule has 1 aliphatic rings. The molecule has 0 radical (unpaired) electrons. The average molecular weight is 387 g/mol. The van der Waals surface area contributed by atoms with Crippen molar-refractivity contribution in [3.05, 3.63) is 46.7 Å². The highest BCUT2D eigenvalue weighted by Gasteiger charge is 2.39. The molecule has 3 rings (SSSR count). The van der Waals surface area contributed by atoms with Gasteiger partial charge in [-0.2, -0.15) is 0 Å². The maximum atomic E-state index is 12.6. The number of thiophene rings is 1. The number of carbonyl (C=O) groups excluding carboxylic acids is 3. The monoisotopic (exact) mass is 387 g/mol. The maximum Gasteiger partial charge on any atom is 0.253 e. The summed E-state index contributed by atoms with van der Waals surface area (Å²) in [6, 6.07) is 9.78. The predicted molar refractivity (Wildman–Crippen MR) is 102 cm³/mol. The van der Waals surface area contributed by atoms with Crippen LogP contribution in [-0.2, 0) is 20.8 Å². The summed E-state index contributed by atoms with van der Waals surface area (Å²) in [5.41, 5.74) is 5.69. The van der Waals surface area contributed by atoms with E-state index < -0.39 is 11.9 Å². The molecule has 8 heteroatoms. The maximum absolute atomic E-state index is 12.6. The molecule has 7 nitrogen and oxygen atoms in total. The number of hydrogen-bond acceptors (Lipinski definition) is 6. The lowest BCUT2D eigenvalue weighted by Gasteiger charge is -2.16. The summed E-state index contributed by atoms with van der Waals surface area (Å²) in [6.07, 6.45) is 1.12. The summed E-state index contributed by atoms with van der Waals surface area (Å²) in [6.45, 7) is 2.63. The standard InChI is InChI=1S/C19H21N3O4S/c1-2-9-26-14-7-5-13(6-8-14)22-18(24)12-16(19(22)25)20-21-17(23)11-15-4-3-10-27-15/h3-8,10,16,20H,2,9,11-12H2,1H3,(H,21,23)/t16-/m1/s1. The topological polar surface area (TPSA) is 87.7 Å². The highest BCUT2D eigenvalue weighted by atomic mass is 32.1. The molecule has 0 unspecified atom stereocenters. The van der Waals surface area contributed by atoms with E-state index in [0.717, 1.165) is 16.2 Å². The van der Waals surface area contributed by atoms with Crippen LogP contribution in [0.2, 0.25) is 0 Å². The molecule has 1 saturated heterocycles. The molecule has 2 N–H and O–H groups in total. The zero-order chi connectivity index (χ0) is 19.2. The minimum atomic E-state index is -0.777. The molecule has 3 amide bonds. The van der Waals surface area contributed by atoms with Gasteiger partial charge in [-0.1, -0.05) is 13.0 Å². The SMILES string of the molecule is CCCOc1ccc(N2C(=O)C[C@@H](NNC(=O)Cc3cccs3)C2=O)cc1. The first-order valence-corrected chi connectivity index (χ1v) is 9.63. The molecule has 1 fully saturated rings. The summed E-state index contributed by atoms with van der Waals surface area (Å²) < 4.78 is 5.51. The van der Waals surface area contributed by atoms with Crippen LogP contribution in [0.3, 0.4) is 0 Å². The van der Waals surface area contributed by atoms with E-state index in [4.69, 9.17) is 4.74 Å². The highest BCUT2D eigenvalue weighted by Crippen LogP contribution is 2.25. The number of hydrogen-bond donors (Lipinski definition) is 2. The van der Waals surface area contributed by atoms with Crippen LogP contribution in [0.5, 0.6) is 5.75 Å². The molecular formula is C19H21N3O4S. The van der Waals surface area contributed by atoms with Crippen molar-refractivity contribution in [3.8, 4) is 5.75 Å². The molecule has 1 aromatic heterocycles. The minimum absolute atomic E-state index is 0.00774. The minimum Gasteiger partial charge on any atom is -0.494 e. The van der Waals surface area contributed by atoms with Crippen molar-refractivity contribution in [2.75, 3.05) is 11.5 Å². The molecule has 2 heterocycles. The van der Waals surface area contributed by atoms with Crippen molar-refractivity contribution >= 4 is 34.7 Å². The Bertz CT molecular complexity index is 805. The number of nitrogens with zero attached hydrogens (tertiary/aromatic N) is 1. The normalized spacial score (nSPS) is 16.6. The smallest absolute Gasteiger partial charge is 0.253 e. The van der Waals surface area contributed by atoms with Crippen molar-refractivity contribution in [2.45, 2.75) is 32.2 Å². The number of ether oxygens (including phenoxy) is 1. The van der Waals surface area contributed by atoms with Crippen molar-refractivity contribution in [1.82, 2.24) is 10.9 Å². The van der Waals surface area contributed by atoms with Gasteiger partial charge in [0.05, 0.1) is 25.1 Å². The van der Waals surface area contributed by atoms with Crippen LogP contribution in [0, 0.1) is 0 Å². The van der Waals surface area contributed by atoms with Gasteiger partial charge in [-0.05, 0) is 42.1 Å². The Morgan fingerprint density at radius 3 is 2.70 bits per heavy atom. The molecule has 27 heavy (non-hydrogen) atoms. The van der Waals surface area contributed by atoms with Gasteiger partial charge in [-0.15, -0.1) is 11.3 Å². The van der Waals surface area contributed by atoms with Crippen LogP contribution < -0.4 is 20.5 Å². The summed E-state index contributed by atoms with van der Waals surface area (Å²) >= 11 is 1.49. The second kappa shape index (κ2) is 8.79. The van der Waals surface area contributed by atoms with Crippen LogP contribution in [-0.4, -0.2) is 30.4 Å². The van der Waals surface area contributed by atoms with E-state index in [9.17, 15) is 14.4 Å². The van der Waals surface area contributed by atoms with Crippen LogP contribution in [0.1, 0.15) is 24.6 Å². The fourth-order valence-electron chi connectivity index (χ4n) is 2.71. The Morgan fingerprint density at radius 2 is 2.04 bits per heavy atom. The number of carbonyl (C=O) groups is 3. The molecule has 0 saturated carbocycles. The van der Waals surface area contributed by atoms with Crippen LogP contribution in [0.4, 0.5) is 5.69 Å². The van der Waals surface area contributed by atoms with Crippen LogP contribution >= 0.6 is 11.3 Å². The van der Waals surface area contributed by atoms with E-state index in [0.29, 0.717) is 18.0 Å². The van der Waals surface area contributed by atoms with Gasteiger partial charge in [0.25, 0.3) is 5.91 Å². The molecule has 142 valence electrons. The number of nitrogens with one attached hydrogen (secondary N) is 2. The van der Waals surface area contributed by atoms with Crippen LogP contribution in [0.15, 0.2) is 41.8 Å². The molecule has 0 bridgehead atoms. The van der Waals surface area contributed by atoms with Crippen molar-refractivity contribution in [3.63, 3.8) is 0 Å². The third-order valence-corrected chi connectivity index (χ3v) is 4.89. The summed E-state index contributed by atoms with van der Waals surface area (Å²) in [5.74, 6) is -0.269. The second-order valence-corrected chi connectivity index (χ2v) is 7.15. The van der Waals surface area contributed by atoms with Gasteiger partial charge >= 0.3 is 0 Å².